The molecule has 128 valence electrons. The number of hydrogen-bond donors (Lipinski definition) is 1. The molecule has 0 spiro atoms. The fourth-order valence-electron chi connectivity index (χ4n) is 3.10. The van der Waals surface area contributed by atoms with Gasteiger partial charge in [0.2, 0.25) is 0 Å². The van der Waals surface area contributed by atoms with Crippen LogP contribution in [0.25, 0.3) is 0 Å². The molecule has 0 saturated heterocycles. The zero-order chi connectivity index (χ0) is 17.3. The molecule has 1 amide bonds. The highest BCUT2D eigenvalue weighted by molar-refractivity contribution is 7.15. The first-order valence-corrected chi connectivity index (χ1v) is 9.12. The maximum Gasteiger partial charge on any atom is 0.257 e. The number of aromatic nitrogens is 1. The summed E-state index contributed by atoms with van der Waals surface area (Å²) in [6.45, 7) is 6.90. The predicted molar refractivity (Wildman–Crippen MR) is 98.0 cm³/mol. The van der Waals surface area contributed by atoms with Gasteiger partial charge in [-0.05, 0) is 48.8 Å². The average Bonchev–Trinajstić information content (AvgIpc) is 2.95. The molecule has 24 heavy (non-hydrogen) atoms. The van der Waals surface area contributed by atoms with E-state index in [0.717, 1.165) is 18.5 Å². The molecule has 0 fully saturated rings. The van der Waals surface area contributed by atoms with E-state index < -0.39 is 0 Å². The normalized spacial score (nSPS) is 17.2. The van der Waals surface area contributed by atoms with E-state index in [2.05, 4.69) is 31.1 Å². The van der Waals surface area contributed by atoms with Crippen molar-refractivity contribution in [3.63, 3.8) is 0 Å². The molecular weight excluding hydrogens is 320 g/mol. The second-order valence-electron chi connectivity index (χ2n) is 7.38. The van der Waals surface area contributed by atoms with E-state index >= 15 is 0 Å². The van der Waals surface area contributed by atoms with Crippen LogP contribution in [-0.4, -0.2) is 18.0 Å². The van der Waals surface area contributed by atoms with Crippen molar-refractivity contribution in [3.8, 4) is 5.75 Å². The Balaban J connectivity index is 1.73. The van der Waals surface area contributed by atoms with Crippen LogP contribution in [0.2, 0.25) is 0 Å². The Hall–Kier alpha value is -1.88. The number of carbonyl (C=O) groups is 1. The predicted octanol–water partition coefficient (Wildman–Crippen LogP) is 4.56. The van der Waals surface area contributed by atoms with E-state index in [1.54, 1.807) is 30.6 Å². The largest absolute Gasteiger partial charge is 0.497 e. The van der Waals surface area contributed by atoms with E-state index in [1.807, 2.05) is 12.1 Å². The molecule has 0 unspecified atom stereocenters. The minimum Gasteiger partial charge on any atom is -0.497 e. The summed E-state index contributed by atoms with van der Waals surface area (Å²) in [6.07, 6.45) is 3.23. The lowest BCUT2D eigenvalue weighted by molar-refractivity contribution is 0.102. The number of rotatable bonds is 3. The van der Waals surface area contributed by atoms with Gasteiger partial charge in [-0.25, -0.2) is 4.98 Å². The summed E-state index contributed by atoms with van der Waals surface area (Å²) in [6, 6.07) is 7.15. The number of benzene rings is 1. The topological polar surface area (TPSA) is 51.2 Å². The third-order valence-electron chi connectivity index (χ3n) is 4.72. The van der Waals surface area contributed by atoms with Crippen LogP contribution in [0.3, 0.4) is 0 Å². The summed E-state index contributed by atoms with van der Waals surface area (Å²) < 4.78 is 5.17. The second-order valence-corrected chi connectivity index (χ2v) is 8.46. The Kier molecular flexibility index (Phi) is 4.63. The summed E-state index contributed by atoms with van der Waals surface area (Å²) in [5.74, 6) is 1.20. The molecule has 0 bridgehead atoms. The molecule has 0 aliphatic heterocycles. The van der Waals surface area contributed by atoms with Gasteiger partial charge in [0, 0.05) is 10.4 Å². The molecule has 0 radical (unpaired) electrons. The van der Waals surface area contributed by atoms with Crippen LogP contribution in [0, 0.1) is 11.3 Å². The van der Waals surface area contributed by atoms with Crippen molar-refractivity contribution < 1.29 is 9.53 Å². The Labute approximate surface area is 147 Å². The SMILES string of the molecule is COc1cccc(C(=O)Nc2nc3c(s2)C[C@H](C(C)(C)C)CC3)c1. The number of nitrogens with zero attached hydrogens (tertiary/aromatic N) is 1. The summed E-state index contributed by atoms with van der Waals surface area (Å²) >= 11 is 1.61. The number of nitrogens with one attached hydrogen (secondary N) is 1. The van der Waals surface area contributed by atoms with Crippen LogP contribution in [0.1, 0.15) is 48.1 Å². The molecule has 3 rings (SSSR count). The number of anilines is 1. The lowest BCUT2D eigenvalue weighted by atomic mass is 9.73. The number of ether oxygens (including phenoxy) is 1. The van der Waals surface area contributed by atoms with Gasteiger partial charge < -0.3 is 4.74 Å². The van der Waals surface area contributed by atoms with Crippen LogP contribution in [0.15, 0.2) is 24.3 Å². The number of fused-ring (bicyclic) bond motifs is 1. The zero-order valence-electron chi connectivity index (χ0n) is 14.7. The Bertz CT molecular complexity index is 746. The third kappa shape index (κ3) is 3.61. The number of amides is 1. The highest BCUT2D eigenvalue weighted by atomic mass is 32.1. The highest BCUT2D eigenvalue weighted by Gasteiger charge is 2.30. The Morgan fingerprint density at radius 2 is 2.17 bits per heavy atom. The molecule has 1 atom stereocenters. The first-order chi connectivity index (χ1) is 11.4. The van der Waals surface area contributed by atoms with Gasteiger partial charge in [-0.15, -0.1) is 11.3 Å². The summed E-state index contributed by atoms with van der Waals surface area (Å²) in [5, 5.41) is 3.63. The number of carbonyl (C=O) groups excluding carboxylic acids is 1. The van der Waals surface area contributed by atoms with E-state index in [0.29, 0.717) is 27.8 Å². The van der Waals surface area contributed by atoms with Crippen LogP contribution < -0.4 is 10.1 Å². The maximum atomic E-state index is 12.4. The lowest BCUT2D eigenvalue weighted by Crippen LogP contribution is -2.26. The van der Waals surface area contributed by atoms with Crippen LogP contribution >= 0.6 is 11.3 Å². The van der Waals surface area contributed by atoms with E-state index in [1.165, 1.54) is 11.3 Å². The summed E-state index contributed by atoms with van der Waals surface area (Å²) in [4.78, 5) is 18.4. The third-order valence-corrected chi connectivity index (χ3v) is 5.75. The van der Waals surface area contributed by atoms with E-state index in [4.69, 9.17) is 4.74 Å². The highest BCUT2D eigenvalue weighted by Crippen LogP contribution is 2.40. The Morgan fingerprint density at radius 3 is 2.88 bits per heavy atom. The van der Waals surface area contributed by atoms with Gasteiger partial charge in [-0.3, -0.25) is 10.1 Å². The summed E-state index contributed by atoms with van der Waals surface area (Å²) in [5.41, 5.74) is 2.04. The van der Waals surface area contributed by atoms with Crippen molar-refractivity contribution in [2.75, 3.05) is 12.4 Å². The fraction of sp³-hybridized carbons (Fsp3) is 0.474. The molecule has 0 saturated carbocycles. The molecule has 1 aromatic carbocycles. The van der Waals surface area contributed by atoms with Crippen LogP contribution in [-0.2, 0) is 12.8 Å². The number of thiazole rings is 1. The quantitative estimate of drug-likeness (QED) is 0.888. The Morgan fingerprint density at radius 1 is 1.38 bits per heavy atom. The molecular formula is C19H24N2O2S. The van der Waals surface area contributed by atoms with Crippen molar-refractivity contribution in [2.45, 2.75) is 40.0 Å². The maximum absolute atomic E-state index is 12.4. The van der Waals surface area contributed by atoms with E-state index in [-0.39, 0.29) is 5.91 Å². The number of aryl methyl sites for hydroxylation is 1. The molecule has 1 aliphatic carbocycles. The first kappa shape index (κ1) is 17.0. The van der Waals surface area contributed by atoms with Crippen LogP contribution in [0.4, 0.5) is 5.13 Å². The van der Waals surface area contributed by atoms with Crippen molar-refractivity contribution in [1.29, 1.82) is 0 Å². The second kappa shape index (κ2) is 6.55. The van der Waals surface area contributed by atoms with Gasteiger partial charge >= 0.3 is 0 Å². The first-order valence-electron chi connectivity index (χ1n) is 8.31. The van der Waals surface area contributed by atoms with Gasteiger partial charge in [0.25, 0.3) is 5.91 Å². The summed E-state index contributed by atoms with van der Waals surface area (Å²) in [7, 11) is 1.59. The minimum absolute atomic E-state index is 0.146. The molecule has 5 heteroatoms. The molecule has 4 nitrogen and oxygen atoms in total. The van der Waals surface area contributed by atoms with Gasteiger partial charge in [0.05, 0.1) is 12.8 Å². The fourth-order valence-corrected chi connectivity index (χ4v) is 4.18. The molecule has 2 aromatic rings. The number of hydrogen-bond acceptors (Lipinski definition) is 4. The lowest BCUT2D eigenvalue weighted by Gasteiger charge is -2.33. The molecule has 1 aliphatic rings. The average molecular weight is 344 g/mol. The van der Waals surface area contributed by atoms with Gasteiger partial charge in [0.1, 0.15) is 5.75 Å². The van der Waals surface area contributed by atoms with Gasteiger partial charge in [-0.1, -0.05) is 26.8 Å². The minimum atomic E-state index is -0.146. The zero-order valence-corrected chi connectivity index (χ0v) is 15.5. The van der Waals surface area contributed by atoms with Crippen molar-refractivity contribution in [2.24, 2.45) is 11.3 Å². The van der Waals surface area contributed by atoms with Gasteiger partial charge in [-0.2, -0.15) is 0 Å². The van der Waals surface area contributed by atoms with Crippen molar-refractivity contribution in [3.05, 3.63) is 40.4 Å². The van der Waals surface area contributed by atoms with E-state index in [9.17, 15) is 4.79 Å². The smallest absolute Gasteiger partial charge is 0.257 e. The molecule has 1 N–H and O–H groups in total. The monoisotopic (exact) mass is 344 g/mol. The molecule has 1 aromatic heterocycles. The van der Waals surface area contributed by atoms with Gasteiger partial charge in [0.15, 0.2) is 5.13 Å². The van der Waals surface area contributed by atoms with Crippen molar-refractivity contribution in [1.82, 2.24) is 4.98 Å². The molecule has 1 heterocycles. The van der Waals surface area contributed by atoms with Crippen LogP contribution in [0.5, 0.6) is 5.75 Å². The number of methoxy groups -OCH3 is 1. The standard InChI is InChI=1S/C19H24N2O2S/c1-19(2,3)13-8-9-15-16(11-13)24-18(20-15)21-17(22)12-6-5-7-14(10-12)23-4/h5-7,10,13H,8-9,11H2,1-4H3,(H,20,21,22)/t13-/m1/s1. The van der Waals surface area contributed by atoms with Crippen molar-refractivity contribution >= 4 is 22.4 Å².